The first-order valence-corrected chi connectivity index (χ1v) is 4.63. The smallest absolute Gasteiger partial charge is 0.264 e. The molecule has 0 bridgehead atoms. The minimum atomic E-state index is -0.269. The molecule has 0 radical (unpaired) electrons. The Balaban J connectivity index is 2.71. The van der Waals surface area contributed by atoms with E-state index < -0.39 is 0 Å². The Bertz CT molecular complexity index is 351. The van der Waals surface area contributed by atoms with Crippen LogP contribution in [0.25, 0.3) is 0 Å². The number of thiophene rings is 1. The second-order valence-electron chi connectivity index (χ2n) is 2.57. The molecule has 0 saturated heterocycles. The van der Waals surface area contributed by atoms with Gasteiger partial charge in [0.05, 0.1) is 11.7 Å². The molecule has 3 nitrogen and oxygen atoms in total. The number of amides is 1. The van der Waals surface area contributed by atoms with Crippen LogP contribution in [-0.2, 0) is 0 Å². The molecule has 0 aliphatic heterocycles. The van der Waals surface area contributed by atoms with Crippen molar-refractivity contribution in [3.05, 3.63) is 16.3 Å². The number of nitrogens with two attached hydrogens (primary N) is 1. The molecule has 4 heteroatoms. The fourth-order valence-electron chi connectivity index (χ4n) is 0.808. The highest BCUT2D eigenvalue weighted by Crippen LogP contribution is 2.18. The number of hydrogen-bond acceptors (Lipinski definition) is 3. The molecule has 1 unspecified atom stereocenters. The first-order valence-electron chi connectivity index (χ1n) is 3.75. The maximum absolute atomic E-state index is 11.4. The van der Waals surface area contributed by atoms with Gasteiger partial charge in [-0.05, 0) is 18.4 Å². The number of nitrogens with one attached hydrogen (secondary N) is 1. The Morgan fingerprint density at radius 1 is 1.85 bits per heavy atom. The average Bonchev–Trinajstić information content (AvgIpc) is 2.51. The largest absolute Gasteiger partial charge is 0.397 e. The summed E-state index contributed by atoms with van der Waals surface area (Å²) in [5.41, 5.74) is 6.05. The zero-order valence-electron chi connectivity index (χ0n) is 7.20. The minimum Gasteiger partial charge on any atom is -0.397 e. The van der Waals surface area contributed by atoms with Gasteiger partial charge in [-0.1, -0.05) is 5.92 Å². The van der Waals surface area contributed by atoms with Crippen LogP contribution in [0.3, 0.4) is 0 Å². The highest BCUT2D eigenvalue weighted by Gasteiger charge is 2.11. The highest BCUT2D eigenvalue weighted by molar-refractivity contribution is 7.12. The van der Waals surface area contributed by atoms with Gasteiger partial charge in [-0.2, -0.15) is 0 Å². The molecule has 1 atom stereocenters. The van der Waals surface area contributed by atoms with E-state index in [9.17, 15) is 4.79 Å². The number of carbonyl (C=O) groups is 1. The van der Waals surface area contributed by atoms with E-state index in [1.54, 1.807) is 18.4 Å². The van der Waals surface area contributed by atoms with Crippen molar-refractivity contribution in [3.63, 3.8) is 0 Å². The van der Waals surface area contributed by atoms with Crippen molar-refractivity contribution in [1.29, 1.82) is 0 Å². The van der Waals surface area contributed by atoms with Gasteiger partial charge in [-0.3, -0.25) is 4.79 Å². The van der Waals surface area contributed by atoms with E-state index in [0.717, 1.165) is 0 Å². The first kappa shape index (κ1) is 9.62. The van der Waals surface area contributed by atoms with Gasteiger partial charge in [0.15, 0.2) is 0 Å². The molecule has 3 N–H and O–H groups in total. The summed E-state index contributed by atoms with van der Waals surface area (Å²) in [7, 11) is 0. The fraction of sp³-hybridized carbons (Fsp3) is 0.222. The summed E-state index contributed by atoms with van der Waals surface area (Å²) in [4.78, 5) is 11.9. The summed E-state index contributed by atoms with van der Waals surface area (Å²) >= 11 is 1.30. The summed E-state index contributed by atoms with van der Waals surface area (Å²) in [6.45, 7) is 1.74. The standard InChI is InChI=1S/C9H10N2OS/c1-3-6(2)11-9(12)8-7(10)4-5-13-8/h1,4-6H,10H2,2H3,(H,11,12). The van der Waals surface area contributed by atoms with Crippen molar-refractivity contribution in [1.82, 2.24) is 5.32 Å². The van der Waals surface area contributed by atoms with Crippen LogP contribution in [0.5, 0.6) is 0 Å². The van der Waals surface area contributed by atoms with Gasteiger partial charge < -0.3 is 11.1 Å². The Morgan fingerprint density at radius 3 is 3.00 bits per heavy atom. The molecule has 1 amide bonds. The first-order chi connectivity index (χ1) is 6.15. The summed E-state index contributed by atoms with van der Waals surface area (Å²) in [6.07, 6.45) is 5.12. The minimum absolute atomic E-state index is 0.210. The Morgan fingerprint density at radius 2 is 2.54 bits per heavy atom. The van der Waals surface area contributed by atoms with E-state index in [-0.39, 0.29) is 11.9 Å². The predicted octanol–water partition coefficient (Wildman–Crippen LogP) is 1.08. The Kier molecular flexibility index (Phi) is 2.93. The zero-order valence-corrected chi connectivity index (χ0v) is 8.02. The van der Waals surface area contributed by atoms with Crippen LogP contribution in [0.1, 0.15) is 16.6 Å². The maximum Gasteiger partial charge on any atom is 0.264 e. The van der Waals surface area contributed by atoms with Crippen molar-refractivity contribution >= 4 is 22.9 Å². The average molecular weight is 194 g/mol. The van der Waals surface area contributed by atoms with Gasteiger partial charge in [0.2, 0.25) is 0 Å². The van der Waals surface area contributed by atoms with E-state index in [0.29, 0.717) is 10.6 Å². The molecule has 1 heterocycles. The van der Waals surface area contributed by atoms with Crippen LogP contribution in [0.2, 0.25) is 0 Å². The van der Waals surface area contributed by atoms with E-state index in [1.807, 2.05) is 0 Å². The molecule has 1 aromatic heterocycles. The van der Waals surface area contributed by atoms with Gasteiger partial charge in [0.25, 0.3) is 5.91 Å². The highest BCUT2D eigenvalue weighted by atomic mass is 32.1. The molecule has 1 rings (SSSR count). The molecular formula is C9H10N2OS. The van der Waals surface area contributed by atoms with Gasteiger partial charge in [-0.15, -0.1) is 17.8 Å². The van der Waals surface area contributed by atoms with Crippen LogP contribution < -0.4 is 11.1 Å². The van der Waals surface area contributed by atoms with Crippen molar-refractivity contribution in [2.75, 3.05) is 5.73 Å². The molecular weight excluding hydrogens is 184 g/mol. The summed E-state index contributed by atoms with van der Waals surface area (Å²) in [6, 6.07) is 1.43. The molecule has 0 saturated carbocycles. The monoisotopic (exact) mass is 194 g/mol. The number of hydrogen-bond donors (Lipinski definition) is 2. The topological polar surface area (TPSA) is 55.1 Å². The third kappa shape index (κ3) is 2.23. The lowest BCUT2D eigenvalue weighted by Gasteiger charge is -2.06. The molecule has 0 spiro atoms. The van der Waals surface area contributed by atoms with E-state index in [1.165, 1.54) is 11.3 Å². The third-order valence-corrected chi connectivity index (χ3v) is 2.43. The summed E-state index contributed by atoms with van der Waals surface area (Å²) in [5, 5.41) is 4.40. The van der Waals surface area contributed by atoms with Crippen molar-refractivity contribution < 1.29 is 4.79 Å². The van der Waals surface area contributed by atoms with Crippen molar-refractivity contribution in [2.45, 2.75) is 13.0 Å². The van der Waals surface area contributed by atoms with Crippen molar-refractivity contribution in [3.8, 4) is 12.3 Å². The molecule has 0 aliphatic carbocycles. The molecule has 68 valence electrons. The predicted molar refractivity (Wildman–Crippen MR) is 54.5 cm³/mol. The lowest BCUT2D eigenvalue weighted by molar-refractivity contribution is 0.0953. The van der Waals surface area contributed by atoms with Crippen LogP contribution in [0.4, 0.5) is 5.69 Å². The normalized spacial score (nSPS) is 11.7. The quantitative estimate of drug-likeness (QED) is 0.692. The second kappa shape index (κ2) is 3.97. The molecule has 0 aliphatic rings. The molecule has 0 fully saturated rings. The lowest BCUT2D eigenvalue weighted by atomic mass is 10.3. The SMILES string of the molecule is C#CC(C)NC(=O)c1sccc1N. The van der Waals surface area contributed by atoms with Crippen LogP contribution in [-0.4, -0.2) is 11.9 Å². The number of anilines is 1. The Hall–Kier alpha value is -1.47. The number of rotatable bonds is 2. The van der Waals surface area contributed by atoms with E-state index in [4.69, 9.17) is 12.2 Å². The van der Waals surface area contributed by atoms with E-state index in [2.05, 4.69) is 11.2 Å². The Labute approximate surface area is 80.9 Å². The zero-order chi connectivity index (χ0) is 9.84. The second-order valence-corrected chi connectivity index (χ2v) is 3.48. The molecule has 0 aromatic carbocycles. The number of nitrogen functional groups attached to an aromatic ring is 1. The van der Waals surface area contributed by atoms with Gasteiger partial charge in [-0.25, -0.2) is 0 Å². The van der Waals surface area contributed by atoms with Gasteiger partial charge in [0.1, 0.15) is 4.88 Å². The third-order valence-electron chi connectivity index (χ3n) is 1.50. The molecule has 1 aromatic rings. The van der Waals surface area contributed by atoms with Crippen LogP contribution in [0.15, 0.2) is 11.4 Å². The van der Waals surface area contributed by atoms with Crippen LogP contribution >= 0.6 is 11.3 Å². The van der Waals surface area contributed by atoms with Crippen molar-refractivity contribution in [2.24, 2.45) is 0 Å². The lowest BCUT2D eigenvalue weighted by Crippen LogP contribution is -2.31. The van der Waals surface area contributed by atoms with Gasteiger partial charge >= 0.3 is 0 Å². The summed E-state index contributed by atoms with van der Waals surface area (Å²) in [5.74, 6) is 2.20. The summed E-state index contributed by atoms with van der Waals surface area (Å²) < 4.78 is 0. The maximum atomic E-state index is 11.4. The van der Waals surface area contributed by atoms with E-state index >= 15 is 0 Å². The fourth-order valence-corrected chi connectivity index (χ4v) is 1.53. The van der Waals surface area contributed by atoms with Gasteiger partial charge in [0, 0.05) is 0 Å². The number of terminal acetylenes is 1. The van der Waals surface area contributed by atoms with Crippen LogP contribution in [0, 0.1) is 12.3 Å². The number of carbonyl (C=O) groups excluding carboxylic acids is 1. The molecule has 13 heavy (non-hydrogen) atoms.